The molecule has 0 saturated carbocycles. The monoisotopic (exact) mass is 430 g/mol. The molecule has 0 aromatic heterocycles. The first-order chi connectivity index (χ1) is 4.69. The minimum absolute atomic E-state index is 0. The van der Waals surface area contributed by atoms with E-state index in [4.69, 9.17) is 5.11 Å². The Morgan fingerprint density at radius 2 is 1.23 bits per heavy atom. The summed E-state index contributed by atoms with van der Waals surface area (Å²) in [5.74, 6) is 0. The molecular weight excluding hydrogens is 423 g/mol. The maximum atomic E-state index is 9.95. The molecule has 0 atom stereocenters. The number of hydrogen-bond donors (Lipinski definition) is 1. The summed E-state index contributed by atoms with van der Waals surface area (Å²) in [7, 11) is -11.1. The number of hydrogen-bond acceptors (Lipinski definition) is 7. The van der Waals surface area contributed by atoms with Gasteiger partial charge in [-0.3, -0.25) is 0 Å². The average Bonchev–Trinajstić information content (AvgIpc) is 1.56. The van der Waals surface area contributed by atoms with Crippen molar-refractivity contribution in [3.05, 3.63) is 0 Å². The first-order valence-corrected chi connectivity index (χ1v) is 5.56. The zero-order valence-electron chi connectivity index (χ0n) is 6.49. The van der Waals surface area contributed by atoms with Crippen molar-refractivity contribution >= 4 is 15.2 Å². The van der Waals surface area contributed by atoms with E-state index in [1.54, 1.807) is 0 Å². The van der Waals surface area contributed by atoms with Gasteiger partial charge in [0.2, 0.25) is 0 Å². The molecule has 0 radical (unpaired) electrons. The van der Waals surface area contributed by atoms with Crippen LogP contribution in [0.15, 0.2) is 0 Å². The molecule has 0 spiro atoms. The molecule has 0 rings (SSSR count). The van der Waals surface area contributed by atoms with Gasteiger partial charge >= 0.3 is 54.6 Å². The van der Waals surface area contributed by atoms with Gasteiger partial charge in [0, 0.05) is 5.40 Å². The van der Waals surface area contributed by atoms with Crippen LogP contribution >= 0.6 is 15.2 Å². The Balaban J connectivity index is -0.000000500. The number of rotatable bonds is 3. The molecule has 13 heavy (non-hydrogen) atoms. The van der Waals surface area contributed by atoms with Crippen LogP contribution in [0.25, 0.3) is 0 Å². The Morgan fingerprint density at radius 1 is 1.00 bits per heavy atom. The standard InChI is InChI=1S/C2H8O7P2.2Cd/c3-1-2(10(4,5)6)11(7,8)9;;/h2-3H,1H2,(H2,4,5,6)(H2,7,8,9);;/q;2*+2/p-4. The third-order valence-corrected chi connectivity index (χ3v) is 4.38. The quantitative estimate of drug-likeness (QED) is 0.358. The van der Waals surface area contributed by atoms with Crippen LogP contribution in [0, 0.1) is 0 Å². The summed E-state index contributed by atoms with van der Waals surface area (Å²) in [5, 5.41) is 5.31. The van der Waals surface area contributed by atoms with Gasteiger partial charge in [0.25, 0.3) is 0 Å². The van der Waals surface area contributed by atoms with Gasteiger partial charge in [-0.2, -0.15) is 0 Å². The van der Waals surface area contributed by atoms with E-state index in [-0.39, 0.29) is 54.6 Å². The second kappa shape index (κ2) is 7.39. The molecule has 11 heteroatoms. The summed E-state index contributed by atoms with van der Waals surface area (Å²) in [4.78, 5) is 39.8. The molecular formula is C2H4Cd2O7P2. The predicted octanol–water partition coefficient (Wildman–Crippen LogP) is -3.87. The smallest absolute Gasteiger partial charge is 0.810 e. The topological polar surface area (TPSA) is 147 Å². The zero-order chi connectivity index (χ0) is 9.28. The van der Waals surface area contributed by atoms with Gasteiger partial charge in [0.05, 0.1) is 6.61 Å². The minimum Gasteiger partial charge on any atom is -0.810 e. The van der Waals surface area contributed by atoms with Gasteiger partial charge in [0.1, 0.15) is 0 Å². The van der Waals surface area contributed by atoms with E-state index in [1.807, 2.05) is 0 Å². The van der Waals surface area contributed by atoms with Crippen molar-refractivity contribution in [3.63, 3.8) is 0 Å². The molecule has 0 aromatic carbocycles. The van der Waals surface area contributed by atoms with Gasteiger partial charge < -0.3 is 33.8 Å². The summed E-state index contributed by atoms with van der Waals surface area (Å²) in [6, 6.07) is 0. The molecule has 0 aliphatic heterocycles. The van der Waals surface area contributed by atoms with Crippen LogP contribution in [-0.2, 0) is 63.7 Å². The predicted molar refractivity (Wildman–Crippen MR) is 26.1 cm³/mol. The van der Waals surface area contributed by atoms with E-state index in [9.17, 15) is 28.7 Å². The second-order valence-corrected chi connectivity index (χ2v) is 5.56. The van der Waals surface area contributed by atoms with Crippen molar-refractivity contribution in [1.29, 1.82) is 0 Å². The zero-order valence-corrected chi connectivity index (χ0v) is 16.4. The molecule has 0 aromatic rings. The van der Waals surface area contributed by atoms with E-state index in [0.717, 1.165) is 0 Å². The fourth-order valence-corrected chi connectivity index (χ4v) is 2.16. The summed E-state index contributed by atoms with van der Waals surface area (Å²) in [6.45, 7) is -1.49. The summed E-state index contributed by atoms with van der Waals surface area (Å²) >= 11 is 0. The van der Waals surface area contributed by atoms with E-state index in [0.29, 0.717) is 0 Å². The summed E-state index contributed by atoms with van der Waals surface area (Å²) < 4.78 is 19.9. The Kier molecular flexibility index (Phi) is 11.7. The van der Waals surface area contributed by atoms with E-state index < -0.39 is 27.2 Å². The molecule has 7 nitrogen and oxygen atoms in total. The summed E-state index contributed by atoms with van der Waals surface area (Å²) in [5.41, 5.74) is 0. The number of aliphatic hydroxyl groups excluding tert-OH is 1. The van der Waals surface area contributed by atoms with Crippen molar-refractivity contribution in [1.82, 2.24) is 0 Å². The van der Waals surface area contributed by atoms with E-state index in [2.05, 4.69) is 0 Å². The first kappa shape index (κ1) is 20.5. The van der Waals surface area contributed by atoms with E-state index >= 15 is 0 Å². The van der Waals surface area contributed by atoms with Crippen LogP contribution in [0.4, 0.5) is 0 Å². The SMILES string of the molecule is O=P([O-])([O-])C(CO)P(=O)([O-])[O-].[Cd+2].[Cd+2]. The van der Waals surface area contributed by atoms with Crippen LogP contribution < -0.4 is 19.6 Å². The van der Waals surface area contributed by atoms with Gasteiger partial charge in [0.15, 0.2) is 0 Å². The molecule has 0 unspecified atom stereocenters. The third-order valence-electron chi connectivity index (χ3n) is 0.893. The van der Waals surface area contributed by atoms with Gasteiger partial charge in [-0.25, -0.2) is 0 Å². The van der Waals surface area contributed by atoms with Crippen LogP contribution in [0.3, 0.4) is 0 Å². The normalized spacial score (nSPS) is 11.8. The largest absolute Gasteiger partial charge is 2.00 e. The molecule has 0 heterocycles. The fraction of sp³-hybridized carbons (Fsp3) is 1.00. The van der Waals surface area contributed by atoms with Crippen LogP contribution in [-0.4, -0.2) is 17.1 Å². The van der Waals surface area contributed by atoms with E-state index in [1.165, 1.54) is 0 Å². The molecule has 0 fully saturated rings. The van der Waals surface area contributed by atoms with Crippen molar-refractivity contribution in [3.8, 4) is 0 Å². The molecule has 1 N–H and O–H groups in total. The first-order valence-electron chi connectivity index (χ1n) is 2.34. The minimum atomic E-state index is -5.54. The molecule has 68 valence electrons. The van der Waals surface area contributed by atoms with Crippen molar-refractivity contribution < 1.29 is 88.4 Å². The molecule has 0 bridgehead atoms. The maximum Gasteiger partial charge on any atom is 2.00 e. The van der Waals surface area contributed by atoms with Crippen LogP contribution in [0.5, 0.6) is 0 Å². The number of aliphatic hydroxyl groups is 1. The summed E-state index contributed by atoms with van der Waals surface area (Å²) in [6.07, 6.45) is 0. The second-order valence-electron chi connectivity index (χ2n) is 1.74. The molecule has 0 amide bonds. The van der Waals surface area contributed by atoms with Crippen molar-refractivity contribution in [2.24, 2.45) is 0 Å². The van der Waals surface area contributed by atoms with Crippen LogP contribution in [0.2, 0.25) is 0 Å². The van der Waals surface area contributed by atoms with Gasteiger partial charge in [-0.05, 0) is 0 Å². The Labute approximate surface area is 115 Å². The maximum absolute atomic E-state index is 9.95. The Morgan fingerprint density at radius 3 is 1.23 bits per heavy atom. The average molecular weight is 427 g/mol. The van der Waals surface area contributed by atoms with Crippen LogP contribution in [0.1, 0.15) is 0 Å². The Hall–Kier alpha value is 2.10. The fourth-order valence-electron chi connectivity index (χ4n) is 0.373. The van der Waals surface area contributed by atoms with Gasteiger partial charge in [-0.1, -0.05) is 15.2 Å². The van der Waals surface area contributed by atoms with Crippen molar-refractivity contribution in [2.75, 3.05) is 6.61 Å². The molecule has 0 aliphatic carbocycles. The van der Waals surface area contributed by atoms with Gasteiger partial charge in [-0.15, -0.1) is 0 Å². The molecule has 0 saturated heterocycles. The Bertz CT molecular complexity index is 197. The third kappa shape index (κ3) is 7.97. The van der Waals surface area contributed by atoms with Crippen molar-refractivity contribution in [2.45, 2.75) is 5.40 Å². The molecule has 0 aliphatic rings.